The van der Waals surface area contributed by atoms with Crippen LogP contribution in [0.1, 0.15) is 32.5 Å². The van der Waals surface area contributed by atoms with E-state index in [1.54, 1.807) is 0 Å². The Balaban J connectivity index is 1.99. The molecule has 1 N–H and O–H groups in total. The lowest BCUT2D eigenvalue weighted by Crippen LogP contribution is -2.46. The zero-order valence-electron chi connectivity index (χ0n) is 12.7. The van der Waals surface area contributed by atoms with Crippen LogP contribution in [-0.2, 0) is 17.7 Å². The highest BCUT2D eigenvalue weighted by atomic mass is 32.2. The van der Waals surface area contributed by atoms with E-state index in [9.17, 15) is 0 Å². The summed E-state index contributed by atoms with van der Waals surface area (Å²) in [6.45, 7) is 7.39. The number of thioether (sulfide) groups is 1. The maximum Gasteiger partial charge on any atom is 0.110 e. The molecule has 1 aromatic rings. The average molecular weight is 297 g/mol. The highest BCUT2D eigenvalue weighted by Gasteiger charge is 2.25. The van der Waals surface area contributed by atoms with Gasteiger partial charge in [-0.3, -0.25) is 0 Å². The van der Waals surface area contributed by atoms with Gasteiger partial charge in [-0.2, -0.15) is 11.8 Å². The summed E-state index contributed by atoms with van der Waals surface area (Å²) in [7, 11) is 0. The van der Waals surface area contributed by atoms with Crippen LogP contribution >= 0.6 is 11.8 Å². The summed E-state index contributed by atoms with van der Waals surface area (Å²) in [4.78, 5) is 4.54. The summed E-state index contributed by atoms with van der Waals surface area (Å²) < 4.78 is 8.24. The van der Waals surface area contributed by atoms with Crippen molar-refractivity contribution in [2.45, 2.75) is 51.8 Å². The standard InChI is InChI=1S/C15H27N3OS/c1-3-5-16-13(14-12-20-10-9-19-14)11-15-17-6-8-18(15)7-4-2/h6,8,13-14,16H,3-5,7,9-12H2,1-2H3. The van der Waals surface area contributed by atoms with E-state index in [0.717, 1.165) is 50.5 Å². The predicted octanol–water partition coefficient (Wildman–Crippen LogP) is 2.34. The minimum Gasteiger partial charge on any atom is -0.375 e. The van der Waals surface area contributed by atoms with E-state index in [4.69, 9.17) is 4.74 Å². The summed E-state index contributed by atoms with van der Waals surface area (Å²) in [6.07, 6.45) is 7.57. The molecule has 0 spiro atoms. The second-order valence-corrected chi connectivity index (χ2v) is 6.44. The molecule has 4 nitrogen and oxygen atoms in total. The molecule has 2 heterocycles. The quantitative estimate of drug-likeness (QED) is 0.799. The molecule has 1 aromatic heterocycles. The van der Waals surface area contributed by atoms with Crippen molar-refractivity contribution in [3.05, 3.63) is 18.2 Å². The van der Waals surface area contributed by atoms with Crippen molar-refractivity contribution >= 4 is 11.8 Å². The number of nitrogens with one attached hydrogen (secondary N) is 1. The molecular weight excluding hydrogens is 270 g/mol. The molecule has 1 aliphatic heterocycles. The highest BCUT2D eigenvalue weighted by Crippen LogP contribution is 2.18. The number of imidazole rings is 1. The van der Waals surface area contributed by atoms with Gasteiger partial charge in [0.15, 0.2) is 0 Å². The lowest BCUT2D eigenvalue weighted by atomic mass is 10.1. The van der Waals surface area contributed by atoms with Crippen LogP contribution in [-0.4, -0.2) is 46.4 Å². The van der Waals surface area contributed by atoms with Gasteiger partial charge in [0.2, 0.25) is 0 Å². The Kier molecular flexibility index (Phi) is 6.90. The van der Waals surface area contributed by atoms with E-state index in [1.165, 1.54) is 5.82 Å². The van der Waals surface area contributed by atoms with Crippen LogP contribution in [0.25, 0.3) is 0 Å². The Hall–Kier alpha value is -0.520. The second-order valence-electron chi connectivity index (χ2n) is 5.29. The Bertz CT molecular complexity index is 377. The fourth-order valence-electron chi connectivity index (χ4n) is 2.57. The SMILES string of the molecule is CCCNC(Cc1nccn1CCC)C1CSCCO1. The monoisotopic (exact) mass is 297 g/mol. The Morgan fingerprint density at radius 2 is 2.40 bits per heavy atom. The highest BCUT2D eigenvalue weighted by molar-refractivity contribution is 7.99. The lowest BCUT2D eigenvalue weighted by molar-refractivity contribution is 0.0464. The van der Waals surface area contributed by atoms with Gasteiger partial charge in [0.1, 0.15) is 5.82 Å². The first-order chi connectivity index (χ1) is 9.85. The topological polar surface area (TPSA) is 39.1 Å². The largest absolute Gasteiger partial charge is 0.375 e. The van der Waals surface area contributed by atoms with Gasteiger partial charge in [0.05, 0.1) is 12.7 Å². The predicted molar refractivity (Wildman–Crippen MR) is 85.4 cm³/mol. The zero-order valence-corrected chi connectivity index (χ0v) is 13.5. The van der Waals surface area contributed by atoms with E-state index in [2.05, 4.69) is 34.9 Å². The molecule has 0 saturated carbocycles. The van der Waals surface area contributed by atoms with Crippen LogP contribution in [0.5, 0.6) is 0 Å². The van der Waals surface area contributed by atoms with E-state index >= 15 is 0 Å². The van der Waals surface area contributed by atoms with Gasteiger partial charge in [-0.15, -0.1) is 0 Å². The number of aryl methyl sites for hydroxylation is 1. The first-order valence-corrected chi connectivity index (χ1v) is 8.93. The lowest BCUT2D eigenvalue weighted by Gasteiger charge is -2.31. The fraction of sp³-hybridized carbons (Fsp3) is 0.800. The van der Waals surface area contributed by atoms with E-state index in [-0.39, 0.29) is 0 Å². The number of aromatic nitrogens is 2. The van der Waals surface area contributed by atoms with Crippen molar-refractivity contribution < 1.29 is 4.74 Å². The third-order valence-electron chi connectivity index (χ3n) is 3.62. The second kappa shape index (κ2) is 8.70. The van der Waals surface area contributed by atoms with E-state index in [1.807, 2.05) is 18.0 Å². The van der Waals surface area contributed by atoms with Gasteiger partial charge in [0.25, 0.3) is 0 Å². The summed E-state index contributed by atoms with van der Waals surface area (Å²) in [5, 5.41) is 3.66. The number of hydrogen-bond donors (Lipinski definition) is 1. The van der Waals surface area contributed by atoms with Crippen LogP contribution in [0.2, 0.25) is 0 Å². The number of hydrogen-bond acceptors (Lipinski definition) is 4. The van der Waals surface area contributed by atoms with Crippen LogP contribution in [0.3, 0.4) is 0 Å². The first-order valence-electron chi connectivity index (χ1n) is 7.77. The Morgan fingerprint density at radius 1 is 1.50 bits per heavy atom. The Labute approximate surface area is 126 Å². The minimum absolute atomic E-state index is 0.312. The maximum atomic E-state index is 5.97. The molecule has 1 aliphatic rings. The molecule has 0 aromatic carbocycles. The van der Waals surface area contributed by atoms with Crippen molar-refractivity contribution in [2.75, 3.05) is 24.7 Å². The fourth-order valence-corrected chi connectivity index (χ4v) is 3.52. The van der Waals surface area contributed by atoms with Crippen molar-refractivity contribution in [3.63, 3.8) is 0 Å². The summed E-state index contributed by atoms with van der Waals surface area (Å²) in [5.41, 5.74) is 0. The van der Waals surface area contributed by atoms with Gasteiger partial charge in [-0.1, -0.05) is 13.8 Å². The molecule has 2 atom stereocenters. The van der Waals surface area contributed by atoms with Gasteiger partial charge in [-0.25, -0.2) is 4.98 Å². The number of rotatable bonds is 8. The normalized spacial score (nSPS) is 21.0. The molecule has 0 bridgehead atoms. The van der Waals surface area contributed by atoms with Crippen LogP contribution < -0.4 is 5.32 Å². The summed E-state index contributed by atoms with van der Waals surface area (Å²) >= 11 is 2.00. The maximum absolute atomic E-state index is 5.97. The summed E-state index contributed by atoms with van der Waals surface area (Å²) in [5.74, 6) is 3.40. The number of ether oxygens (including phenoxy) is 1. The third kappa shape index (κ3) is 4.50. The van der Waals surface area contributed by atoms with Gasteiger partial charge >= 0.3 is 0 Å². The molecule has 0 radical (unpaired) electrons. The molecule has 0 amide bonds. The van der Waals surface area contributed by atoms with Gasteiger partial charge < -0.3 is 14.6 Å². The molecule has 114 valence electrons. The molecule has 0 aliphatic carbocycles. The van der Waals surface area contributed by atoms with Crippen molar-refractivity contribution in [3.8, 4) is 0 Å². The van der Waals surface area contributed by atoms with Gasteiger partial charge in [-0.05, 0) is 19.4 Å². The van der Waals surface area contributed by atoms with Crippen molar-refractivity contribution in [1.29, 1.82) is 0 Å². The molecular formula is C15H27N3OS. The molecule has 5 heteroatoms. The minimum atomic E-state index is 0.312. The Morgan fingerprint density at radius 3 is 3.10 bits per heavy atom. The smallest absolute Gasteiger partial charge is 0.110 e. The zero-order chi connectivity index (χ0) is 14.2. The van der Waals surface area contributed by atoms with Crippen molar-refractivity contribution in [2.24, 2.45) is 0 Å². The first kappa shape index (κ1) is 15.9. The van der Waals surface area contributed by atoms with Crippen LogP contribution in [0, 0.1) is 0 Å². The number of nitrogens with zero attached hydrogens (tertiary/aromatic N) is 2. The summed E-state index contributed by atoms with van der Waals surface area (Å²) in [6, 6.07) is 0.376. The molecule has 1 fully saturated rings. The molecule has 1 saturated heterocycles. The third-order valence-corrected chi connectivity index (χ3v) is 4.64. The molecule has 2 rings (SSSR count). The molecule has 2 unspecified atom stereocenters. The van der Waals surface area contributed by atoms with Crippen LogP contribution in [0.15, 0.2) is 12.4 Å². The van der Waals surface area contributed by atoms with Crippen molar-refractivity contribution in [1.82, 2.24) is 14.9 Å². The van der Waals surface area contributed by atoms with E-state index < -0.39 is 0 Å². The molecule has 20 heavy (non-hydrogen) atoms. The van der Waals surface area contributed by atoms with Gasteiger partial charge in [0, 0.05) is 42.9 Å². The van der Waals surface area contributed by atoms with E-state index in [0.29, 0.717) is 12.1 Å². The van der Waals surface area contributed by atoms with Crippen LogP contribution in [0.4, 0.5) is 0 Å². The average Bonchev–Trinajstić information content (AvgIpc) is 2.92.